The lowest BCUT2D eigenvalue weighted by molar-refractivity contribution is -0.274. The molecule has 0 aliphatic carbocycles. The molecule has 0 spiro atoms. The molecule has 9 nitrogen and oxygen atoms in total. The van der Waals surface area contributed by atoms with Crippen molar-refractivity contribution in [3.8, 4) is 17.3 Å². The standard InChI is InChI=1S/C24H20F3N5O4/c1-15-21(33)32(18-7-9-19(10-8-18)36-24(25,26)27)23(35)31(15)14-16-11-12-28-13-20(16)30-22(34)29-17-5-3-2-4-6-17/h2-13,33H,14H2,1H3,(H2,29,30,34). The Bertz CT molecular complexity index is 1430. The van der Waals surface area contributed by atoms with E-state index in [2.05, 4.69) is 20.4 Å². The smallest absolute Gasteiger partial charge is 0.493 e. The predicted molar refractivity (Wildman–Crippen MR) is 126 cm³/mol. The average molecular weight is 499 g/mol. The number of pyridine rings is 1. The number of ether oxygens (including phenoxy) is 1. The predicted octanol–water partition coefficient (Wildman–Crippen LogP) is 4.64. The molecule has 4 aromatic rings. The van der Waals surface area contributed by atoms with Gasteiger partial charge in [0.15, 0.2) is 0 Å². The summed E-state index contributed by atoms with van der Waals surface area (Å²) in [6.07, 6.45) is -1.93. The van der Waals surface area contributed by atoms with Crippen molar-refractivity contribution in [1.29, 1.82) is 0 Å². The maximum Gasteiger partial charge on any atom is 0.573 e. The number of alkyl halides is 3. The summed E-state index contributed by atoms with van der Waals surface area (Å²) in [4.78, 5) is 29.6. The number of aromatic nitrogens is 3. The van der Waals surface area contributed by atoms with E-state index in [0.29, 0.717) is 16.9 Å². The van der Waals surface area contributed by atoms with Crippen molar-refractivity contribution in [2.75, 3.05) is 10.6 Å². The fourth-order valence-corrected chi connectivity index (χ4v) is 3.50. The van der Waals surface area contributed by atoms with Gasteiger partial charge >= 0.3 is 18.1 Å². The van der Waals surface area contributed by atoms with Crippen LogP contribution in [0.25, 0.3) is 5.69 Å². The van der Waals surface area contributed by atoms with Gasteiger partial charge in [0.2, 0.25) is 5.88 Å². The molecule has 2 aromatic heterocycles. The molecule has 0 saturated heterocycles. The molecule has 2 heterocycles. The Balaban J connectivity index is 1.58. The van der Waals surface area contributed by atoms with Gasteiger partial charge < -0.3 is 20.5 Å². The zero-order valence-corrected chi connectivity index (χ0v) is 18.8. The zero-order valence-electron chi connectivity index (χ0n) is 18.8. The SMILES string of the molecule is Cc1c(O)n(-c2ccc(OC(F)(F)F)cc2)c(=O)n1Cc1ccncc1NC(=O)Nc1ccccc1. The van der Waals surface area contributed by atoms with Crippen LogP contribution in [0.4, 0.5) is 29.3 Å². The van der Waals surface area contributed by atoms with Crippen LogP contribution in [0.2, 0.25) is 0 Å². The number of nitrogens with one attached hydrogen (secondary N) is 2. The van der Waals surface area contributed by atoms with Crippen LogP contribution >= 0.6 is 0 Å². The second kappa shape index (κ2) is 9.86. The number of anilines is 2. The lowest BCUT2D eigenvalue weighted by atomic mass is 10.2. The molecule has 0 aliphatic rings. The van der Waals surface area contributed by atoms with Gasteiger partial charge in [-0.05, 0) is 55.0 Å². The lowest BCUT2D eigenvalue weighted by Crippen LogP contribution is -2.25. The quantitative estimate of drug-likeness (QED) is 0.358. The number of amides is 2. The number of halogens is 3. The fourth-order valence-electron chi connectivity index (χ4n) is 3.50. The molecule has 0 saturated carbocycles. The summed E-state index contributed by atoms with van der Waals surface area (Å²) in [5, 5.41) is 16.0. The van der Waals surface area contributed by atoms with E-state index in [1.807, 2.05) is 6.07 Å². The molecule has 3 N–H and O–H groups in total. The third-order valence-corrected chi connectivity index (χ3v) is 5.21. The molecular weight excluding hydrogens is 479 g/mol. The number of urea groups is 1. The molecule has 186 valence electrons. The summed E-state index contributed by atoms with van der Waals surface area (Å²) in [5.74, 6) is -0.842. The number of aromatic hydroxyl groups is 1. The number of rotatable bonds is 6. The first-order valence-corrected chi connectivity index (χ1v) is 10.6. The summed E-state index contributed by atoms with van der Waals surface area (Å²) < 4.78 is 43.3. The van der Waals surface area contributed by atoms with Crippen LogP contribution in [-0.2, 0) is 6.54 Å². The van der Waals surface area contributed by atoms with Crippen molar-refractivity contribution in [3.05, 3.63) is 94.8 Å². The first-order valence-electron chi connectivity index (χ1n) is 10.6. The molecule has 4 rings (SSSR count). The number of carbonyl (C=O) groups excluding carboxylic acids is 1. The maximum absolute atomic E-state index is 13.1. The van der Waals surface area contributed by atoms with Crippen molar-refractivity contribution in [2.45, 2.75) is 19.8 Å². The lowest BCUT2D eigenvalue weighted by Gasteiger charge is -2.12. The van der Waals surface area contributed by atoms with Crippen molar-refractivity contribution in [2.24, 2.45) is 0 Å². The molecule has 0 unspecified atom stereocenters. The van der Waals surface area contributed by atoms with Gasteiger partial charge in [0.1, 0.15) is 5.75 Å². The topological polar surface area (TPSA) is 110 Å². The molecular formula is C24H20F3N5O4. The van der Waals surface area contributed by atoms with Crippen molar-refractivity contribution in [3.63, 3.8) is 0 Å². The largest absolute Gasteiger partial charge is 0.573 e. The fraction of sp³-hybridized carbons (Fsp3) is 0.125. The van der Waals surface area contributed by atoms with Crippen molar-refractivity contribution >= 4 is 17.4 Å². The minimum absolute atomic E-state index is 0.0238. The second-order valence-corrected chi connectivity index (χ2v) is 7.63. The molecule has 0 fully saturated rings. The third kappa shape index (κ3) is 5.49. The van der Waals surface area contributed by atoms with E-state index in [4.69, 9.17) is 0 Å². The Morgan fingerprint density at radius 3 is 2.42 bits per heavy atom. The summed E-state index contributed by atoms with van der Waals surface area (Å²) >= 11 is 0. The van der Waals surface area contributed by atoms with Gasteiger partial charge in [0.25, 0.3) is 0 Å². The van der Waals surface area contributed by atoms with Crippen LogP contribution in [0.5, 0.6) is 11.6 Å². The minimum atomic E-state index is -4.85. The normalized spacial score (nSPS) is 11.2. The number of para-hydroxylation sites is 1. The highest BCUT2D eigenvalue weighted by Gasteiger charge is 2.31. The first-order chi connectivity index (χ1) is 17.1. The van der Waals surface area contributed by atoms with Gasteiger partial charge in [-0.2, -0.15) is 0 Å². The van der Waals surface area contributed by atoms with Crippen LogP contribution in [0.15, 0.2) is 77.9 Å². The van der Waals surface area contributed by atoms with E-state index in [0.717, 1.165) is 16.7 Å². The highest BCUT2D eigenvalue weighted by atomic mass is 19.4. The summed E-state index contributed by atoms with van der Waals surface area (Å²) in [6, 6.07) is 14.4. The third-order valence-electron chi connectivity index (χ3n) is 5.21. The van der Waals surface area contributed by atoms with Gasteiger partial charge in [-0.3, -0.25) is 9.55 Å². The van der Waals surface area contributed by atoms with Crippen LogP contribution in [0, 0.1) is 6.92 Å². The maximum atomic E-state index is 13.1. The molecule has 0 bridgehead atoms. The van der Waals surface area contributed by atoms with Crippen LogP contribution in [0.3, 0.4) is 0 Å². The Morgan fingerprint density at radius 1 is 1.06 bits per heavy atom. The van der Waals surface area contributed by atoms with E-state index in [9.17, 15) is 27.9 Å². The molecule has 0 aliphatic heterocycles. The van der Waals surface area contributed by atoms with Crippen LogP contribution in [-0.4, -0.2) is 31.6 Å². The molecule has 0 atom stereocenters. The first kappa shape index (κ1) is 24.4. The second-order valence-electron chi connectivity index (χ2n) is 7.63. The van der Waals surface area contributed by atoms with Gasteiger partial charge in [0.05, 0.1) is 29.8 Å². The van der Waals surface area contributed by atoms with Gasteiger partial charge in [-0.25, -0.2) is 14.2 Å². The number of benzene rings is 2. The molecule has 36 heavy (non-hydrogen) atoms. The van der Waals surface area contributed by atoms with E-state index >= 15 is 0 Å². The average Bonchev–Trinajstić information content (AvgIpc) is 3.03. The Labute approximate surface area is 202 Å². The van der Waals surface area contributed by atoms with Gasteiger partial charge in [0, 0.05) is 11.9 Å². The summed E-state index contributed by atoms with van der Waals surface area (Å²) in [5.41, 5.74) is 1.19. The number of imidazole rings is 1. The Hall–Kier alpha value is -4.74. The van der Waals surface area contributed by atoms with Crippen LogP contribution < -0.4 is 21.1 Å². The van der Waals surface area contributed by atoms with Crippen LogP contribution in [0.1, 0.15) is 11.3 Å². The Kier molecular flexibility index (Phi) is 6.68. The van der Waals surface area contributed by atoms with E-state index < -0.39 is 23.8 Å². The number of carbonyl (C=O) groups is 1. The van der Waals surface area contributed by atoms with E-state index in [-0.39, 0.29) is 23.8 Å². The summed E-state index contributed by atoms with van der Waals surface area (Å²) in [7, 11) is 0. The van der Waals surface area contributed by atoms with E-state index in [1.165, 1.54) is 36.0 Å². The van der Waals surface area contributed by atoms with Crippen molar-refractivity contribution in [1.82, 2.24) is 14.1 Å². The summed E-state index contributed by atoms with van der Waals surface area (Å²) in [6.45, 7) is 1.49. The monoisotopic (exact) mass is 499 g/mol. The Morgan fingerprint density at radius 2 is 1.75 bits per heavy atom. The highest BCUT2D eigenvalue weighted by Crippen LogP contribution is 2.26. The minimum Gasteiger partial charge on any atom is -0.493 e. The molecule has 12 heteroatoms. The van der Waals surface area contributed by atoms with Gasteiger partial charge in [-0.1, -0.05) is 18.2 Å². The molecule has 2 amide bonds. The van der Waals surface area contributed by atoms with Gasteiger partial charge in [-0.15, -0.1) is 13.2 Å². The number of hydrogen-bond acceptors (Lipinski definition) is 5. The highest BCUT2D eigenvalue weighted by molar-refractivity contribution is 6.00. The van der Waals surface area contributed by atoms with Crippen molar-refractivity contribution < 1.29 is 27.8 Å². The number of hydrogen-bond donors (Lipinski definition) is 3. The molecule has 2 aromatic carbocycles. The zero-order chi connectivity index (χ0) is 25.9. The van der Waals surface area contributed by atoms with E-state index in [1.54, 1.807) is 30.3 Å². The number of nitrogens with zero attached hydrogens (tertiary/aromatic N) is 3. The molecule has 0 radical (unpaired) electrons.